The maximum Gasteiger partial charge on any atom is 0.315 e. The zero-order chi connectivity index (χ0) is 13.3. The van der Waals surface area contributed by atoms with Crippen LogP contribution in [0.15, 0.2) is 0 Å². The van der Waals surface area contributed by atoms with Crippen molar-refractivity contribution in [3.05, 3.63) is 0 Å². The SMILES string of the molecule is CC(C)(C)C(=O)OC[N+]1(C)CCNCC1(C)C.[Cl-]. The molecule has 1 atom stereocenters. The molecule has 0 aromatic carbocycles. The highest BCUT2D eigenvalue weighted by Gasteiger charge is 2.43. The van der Waals surface area contributed by atoms with Crippen molar-refractivity contribution in [2.24, 2.45) is 5.41 Å². The van der Waals surface area contributed by atoms with Crippen molar-refractivity contribution in [1.29, 1.82) is 0 Å². The molecule has 1 unspecified atom stereocenters. The molecule has 0 bridgehead atoms. The van der Waals surface area contributed by atoms with Gasteiger partial charge < -0.3 is 22.5 Å². The number of hydrogen-bond donors (Lipinski definition) is 1. The highest BCUT2D eigenvalue weighted by atomic mass is 35.5. The summed E-state index contributed by atoms with van der Waals surface area (Å²) in [5.41, 5.74) is -0.326. The van der Waals surface area contributed by atoms with Gasteiger partial charge in [-0.3, -0.25) is 9.28 Å². The summed E-state index contributed by atoms with van der Waals surface area (Å²) < 4.78 is 6.27. The first-order valence-electron chi connectivity index (χ1n) is 6.31. The summed E-state index contributed by atoms with van der Waals surface area (Å²) >= 11 is 0. The number of quaternary nitrogens is 1. The van der Waals surface area contributed by atoms with Crippen molar-refractivity contribution in [1.82, 2.24) is 5.32 Å². The molecule has 1 heterocycles. The van der Waals surface area contributed by atoms with E-state index in [2.05, 4.69) is 26.2 Å². The third-order valence-corrected chi connectivity index (χ3v) is 3.89. The number of halogens is 1. The third-order valence-electron chi connectivity index (χ3n) is 3.89. The van der Waals surface area contributed by atoms with E-state index < -0.39 is 5.41 Å². The predicted octanol–water partition coefficient (Wildman–Crippen LogP) is -1.63. The fourth-order valence-corrected chi connectivity index (χ4v) is 1.87. The van der Waals surface area contributed by atoms with Crippen molar-refractivity contribution in [3.8, 4) is 0 Å². The topological polar surface area (TPSA) is 38.3 Å². The van der Waals surface area contributed by atoms with Crippen LogP contribution in [0.4, 0.5) is 0 Å². The molecule has 1 aliphatic rings. The van der Waals surface area contributed by atoms with E-state index in [4.69, 9.17) is 4.74 Å². The van der Waals surface area contributed by atoms with Gasteiger partial charge in [0, 0.05) is 6.54 Å². The van der Waals surface area contributed by atoms with Gasteiger partial charge in [-0.1, -0.05) is 0 Å². The zero-order valence-electron chi connectivity index (χ0n) is 12.5. The summed E-state index contributed by atoms with van der Waals surface area (Å²) in [7, 11) is 2.16. The van der Waals surface area contributed by atoms with Crippen molar-refractivity contribution in [2.45, 2.75) is 40.2 Å². The Bertz CT molecular complexity index is 300. The fraction of sp³-hybridized carbons (Fsp3) is 0.923. The Morgan fingerprint density at radius 1 is 1.39 bits per heavy atom. The van der Waals surface area contributed by atoms with Crippen LogP contribution < -0.4 is 17.7 Å². The van der Waals surface area contributed by atoms with Crippen molar-refractivity contribution < 1.29 is 26.4 Å². The maximum absolute atomic E-state index is 11.8. The second-order valence-electron chi connectivity index (χ2n) is 6.92. The molecule has 1 N–H and O–H groups in total. The number of hydrogen-bond acceptors (Lipinski definition) is 3. The molecule has 0 aromatic heterocycles. The Morgan fingerprint density at radius 2 is 1.94 bits per heavy atom. The van der Waals surface area contributed by atoms with Gasteiger partial charge in [-0.15, -0.1) is 0 Å². The summed E-state index contributed by atoms with van der Waals surface area (Å²) in [4.78, 5) is 11.8. The monoisotopic (exact) mass is 278 g/mol. The highest BCUT2D eigenvalue weighted by Crippen LogP contribution is 2.25. The standard InChI is InChI=1S/C13H27N2O2.ClH/c1-12(2,3)11(16)17-10-15(6)8-7-14-9-13(15,4)5;/h14H,7-10H2,1-6H3;1H/q+1;/p-1. The molecule has 0 amide bonds. The number of piperazine rings is 1. The average molecular weight is 279 g/mol. The van der Waals surface area contributed by atoms with Gasteiger partial charge in [-0.2, -0.15) is 0 Å². The van der Waals surface area contributed by atoms with Gasteiger partial charge in [0.2, 0.25) is 6.73 Å². The van der Waals surface area contributed by atoms with Gasteiger partial charge in [0.15, 0.2) is 0 Å². The third kappa shape index (κ3) is 3.84. The van der Waals surface area contributed by atoms with E-state index in [1.807, 2.05) is 20.8 Å². The number of nitrogens with zero attached hydrogens (tertiary/aromatic N) is 1. The van der Waals surface area contributed by atoms with E-state index in [-0.39, 0.29) is 23.9 Å². The lowest BCUT2D eigenvalue weighted by Gasteiger charge is -2.49. The Morgan fingerprint density at radius 3 is 2.39 bits per heavy atom. The van der Waals surface area contributed by atoms with E-state index in [1.54, 1.807) is 0 Å². The largest absolute Gasteiger partial charge is 1.00 e. The van der Waals surface area contributed by atoms with Crippen molar-refractivity contribution in [3.63, 3.8) is 0 Å². The summed E-state index contributed by atoms with van der Waals surface area (Å²) in [6.07, 6.45) is 0. The minimum atomic E-state index is -0.419. The number of ether oxygens (including phenoxy) is 1. The first kappa shape index (κ1) is 17.7. The van der Waals surface area contributed by atoms with Gasteiger partial charge in [-0.25, -0.2) is 0 Å². The van der Waals surface area contributed by atoms with Crippen molar-refractivity contribution in [2.75, 3.05) is 33.4 Å². The number of carbonyl (C=O) groups is 1. The summed E-state index contributed by atoms with van der Waals surface area (Å²) in [6.45, 7) is 13.5. The summed E-state index contributed by atoms with van der Waals surface area (Å²) in [5, 5.41) is 3.39. The molecule has 1 aliphatic heterocycles. The minimum absolute atomic E-state index is 0. The van der Waals surface area contributed by atoms with E-state index in [0.29, 0.717) is 6.73 Å². The Hall–Kier alpha value is -0.320. The normalized spacial score (nSPS) is 27.2. The lowest BCUT2D eigenvalue weighted by atomic mass is 9.97. The molecule has 1 fully saturated rings. The van der Waals surface area contributed by atoms with E-state index in [0.717, 1.165) is 24.1 Å². The van der Waals surface area contributed by atoms with E-state index in [1.165, 1.54) is 0 Å². The van der Waals surface area contributed by atoms with Crippen LogP contribution in [0.5, 0.6) is 0 Å². The molecule has 108 valence electrons. The fourth-order valence-electron chi connectivity index (χ4n) is 1.87. The molecular weight excluding hydrogens is 252 g/mol. The van der Waals surface area contributed by atoms with E-state index >= 15 is 0 Å². The van der Waals surface area contributed by atoms with Crippen LogP contribution in [-0.4, -0.2) is 49.4 Å². The second kappa shape index (κ2) is 5.76. The van der Waals surface area contributed by atoms with Crippen LogP contribution >= 0.6 is 0 Å². The molecule has 5 heteroatoms. The molecular formula is C13H27ClN2O2. The molecule has 0 saturated carbocycles. The van der Waals surface area contributed by atoms with Gasteiger partial charge in [0.1, 0.15) is 5.54 Å². The number of likely N-dealkylation sites (N-methyl/N-ethyl adjacent to an activating group) is 1. The molecule has 0 radical (unpaired) electrons. The van der Waals surface area contributed by atoms with Gasteiger partial charge in [0.05, 0.1) is 25.6 Å². The second-order valence-corrected chi connectivity index (χ2v) is 6.92. The predicted molar refractivity (Wildman–Crippen MR) is 68.4 cm³/mol. The van der Waals surface area contributed by atoms with Crippen LogP contribution in [0.2, 0.25) is 0 Å². The first-order chi connectivity index (χ1) is 7.58. The molecule has 0 aliphatic carbocycles. The molecule has 18 heavy (non-hydrogen) atoms. The van der Waals surface area contributed by atoms with Crippen LogP contribution in [0.1, 0.15) is 34.6 Å². The number of nitrogens with one attached hydrogen (secondary N) is 1. The Kier molecular flexibility index (Phi) is 5.66. The summed E-state index contributed by atoms with van der Waals surface area (Å²) in [6, 6.07) is 0. The zero-order valence-corrected chi connectivity index (χ0v) is 13.2. The highest BCUT2D eigenvalue weighted by molar-refractivity contribution is 5.75. The van der Waals surface area contributed by atoms with Crippen LogP contribution in [-0.2, 0) is 9.53 Å². The lowest BCUT2D eigenvalue weighted by Crippen LogP contribution is -3.00. The van der Waals surface area contributed by atoms with Gasteiger partial charge >= 0.3 is 5.97 Å². The Labute approximate surface area is 117 Å². The number of rotatable bonds is 2. The van der Waals surface area contributed by atoms with Crippen LogP contribution in [0, 0.1) is 5.41 Å². The van der Waals surface area contributed by atoms with Crippen LogP contribution in [0.3, 0.4) is 0 Å². The quantitative estimate of drug-likeness (QED) is 0.487. The molecule has 1 saturated heterocycles. The molecule has 0 spiro atoms. The molecule has 1 rings (SSSR count). The van der Waals surface area contributed by atoms with Crippen molar-refractivity contribution >= 4 is 5.97 Å². The maximum atomic E-state index is 11.8. The van der Waals surface area contributed by atoms with Gasteiger partial charge in [0.25, 0.3) is 0 Å². The van der Waals surface area contributed by atoms with E-state index in [9.17, 15) is 4.79 Å². The summed E-state index contributed by atoms with van der Waals surface area (Å²) in [5.74, 6) is -0.119. The first-order valence-corrected chi connectivity index (χ1v) is 6.31. The minimum Gasteiger partial charge on any atom is -1.00 e. The number of carbonyl (C=O) groups excluding carboxylic acids is 1. The smallest absolute Gasteiger partial charge is 0.315 e. The average Bonchev–Trinajstić information content (AvgIpc) is 2.18. The molecule has 4 nitrogen and oxygen atoms in total. The Balaban J connectivity index is 0.00000289. The van der Waals surface area contributed by atoms with Gasteiger partial charge in [-0.05, 0) is 34.6 Å². The number of esters is 1. The van der Waals surface area contributed by atoms with Crippen LogP contribution in [0.25, 0.3) is 0 Å². The molecule has 0 aromatic rings. The lowest BCUT2D eigenvalue weighted by molar-refractivity contribution is -0.971.